The van der Waals surface area contributed by atoms with Crippen LogP contribution in [0.5, 0.6) is 11.5 Å². The topological polar surface area (TPSA) is 59.6 Å². The van der Waals surface area contributed by atoms with Crippen LogP contribution in [0.3, 0.4) is 0 Å². The maximum atomic E-state index is 12.1. The van der Waals surface area contributed by atoms with E-state index in [4.69, 9.17) is 9.47 Å². The summed E-state index contributed by atoms with van der Waals surface area (Å²) in [6, 6.07) is 15.1. The molecule has 0 aliphatic rings. The average Bonchev–Trinajstić information content (AvgIpc) is 2.66. The Balaban J connectivity index is 1.78. The summed E-state index contributed by atoms with van der Waals surface area (Å²) in [6.07, 6.45) is 1.98. The Morgan fingerprint density at radius 2 is 1.70 bits per heavy atom. The molecule has 0 saturated carbocycles. The Hall–Kier alpha value is -2.69. The third-order valence-corrected chi connectivity index (χ3v) is 3.86. The van der Waals surface area contributed by atoms with Crippen molar-refractivity contribution in [3.8, 4) is 11.5 Å². The summed E-state index contributed by atoms with van der Waals surface area (Å²) in [4.78, 5) is 12.1. The number of hydrogen-bond donors (Lipinski definition) is 2. The van der Waals surface area contributed by atoms with Gasteiger partial charge in [0.05, 0.1) is 19.8 Å². The number of anilines is 2. The van der Waals surface area contributed by atoms with Gasteiger partial charge >= 0.3 is 0 Å². The molecule has 0 unspecified atom stereocenters. The van der Waals surface area contributed by atoms with E-state index in [0.717, 1.165) is 35.7 Å². The van der Waals surface area contributed by atoms with Gasteiger partial charge < -0.3 is 20.1 Å². The Kier molecular flexibility index (Phi) is 8.49. The molecule has 0 aromatic heterocycles. The molecule has 0 saturated heterocycles. The van der Waals surface area contributed by atoms with E-state index in [1.807, 2.05) is 48.5 Å². The Bertz CT molecular complexity index is 699. The van der Waals surface area contributed by atoms with Gasteiger partial charge in [-0.05, 0) is 55.2 Å². The summed E-state index contributed by atoms with van der Waals surface area (Å²) < 4.78 is 11.3. The van der Waals surface area contributed by atoms with E-state index < -0.39 is 0 Å². The average molecular weight is 370 g/mol. The third-order valence-electron chi connectivity index (χ3n) is 3.86. The third kappa shape index (κ3) is 8.03. The summed E-state index contributed by atoms with van der Waals surface area (Å²) in [5.74, 6) is 2.12. The van der Waals surface area contributed by atoms with Crippen molar-refractivity contribution >= 4 is 17.3 Å². The second kappa shape index (κ2) is 11.1. The standard InChI is InChI=1S/C22H30N2O3/c1-4-13-26-20-10-8-18(9-11-20)24-22(25)16-23-19-6-5-7-21(15-19)27-14-12-17(2)3/h5-11,15,17,23H,4,12-14,16H2,1-3H3,(H,24,25). The van der Waals surface area contributed by atoms with Crippen molar-refractivity contribution in [1.29, 1.82) is 0 Å². The van der Waals surface area contributed by atoms with Crippen molar-refractivity contribution in [3.05, 3.63) is 48.5 Å². The highest BCUT2D eigenvalue weighted by atomic mass is 16.5. The van der Waals surface area contributed by atoms with Gasteiger partial charge in [0.15, 0.2) is 0 Å². The highest BCUT2D eigenvalue weighted by Gasteiger charge is 2.04. The predicted molar refractivity (Wildman–Crippen MR) is 111 cm³/mol. The number of carbonyl (C=O) groups excluding carboxylic acids is 1. The van der Waals surface area contributed by atoms with Gasteiger partial charge in [0, 0.05) is 17.4 Å². The molecule has 2 N–H and O–H groups in total. The predicted octanol–water partition coefficient (Wildman–Crippen LogP) is 4.95. The smallest absolute Gasteiger partial charge is 0.243 e. The molecular weight excluding hydrogens is 340 g/mol. The van der Waals surface area contributed by atoms with Crippen LogP contribution in [0.4, 0.5) is 11.4 Å². The Morgan fingerprint density at radius 1 is 0.963 bits per heavy atom. The summed E-state index contributed by atoms with van der Waals surface area (Å²) in [6.45, 7) is 7.98. The van der Waals surface area contributed by atoms with Crippen LogP contribution < -0.4 is 20.1 Å². The maximum absolute atomic E-state index is 12.1. The molecule has 0 heterocycles. The van der Waals surface area contributed by atoms with Gasteiger partial charge in [-0.15, -0.1) is 0 Å². The fourth-order valence-electron chi connectivity index (χ4n) is 2.35. The Labute approximate surface area is 162 Å². The zero-order valence-corrected chi connectivity index (χ0v) is 16.5. The van der Waals surface area contributed by atoms with Gasteiger partial charge in [-0.25, -0.2) is 0 Å². The highest BCUT2D eigenvalue weighted by Crippen LogP contribution is 2.18. The van der Waals surface area contributed by atoms with Gasteiger partial charge in [-0.3, -0.25) is 4.79 Å². The fourth-order valence-corrected chi connectivity index (χ4v) is 2.35. The van der Waals surface area contributed by atoms with E-state index in [9.17, 15) is 4.79 Å². The summed E-state index contributed by atoms with van der Waals surface area (Å²) >= 11 is 0. The van der Waals surface area contributed by atoms with Crippen molar-refractivity contribution in [2.24, 2.45) is 5.92 Å². The van der Waals surface area contributed by atoms with Crippen molar-refractivity contribution < 1.29 is 14.3 Å². The van der Waals surface area contributed by atoms with Crippen molar-refractivity contribution in [2.45, 2.75) is 33.6 Å². The molecule has 0 aliphatic carbocycles. The first kappa shape index (κ1) is 20.6. The van der Waals surface area contributed by atoms with Crippen LogP contribution >= 0.6 is 0 Å². The zero-order chi connectivity index (χ0) is 19.5. The molecule has 0 radical (unpaired) electrons. The number of ether oxygens (including phenoxy) is 2. The van der Waals surface area contributed by atoms with Crippen LogP contribution in [0.2, 0.25) is 0 Å². The van der Waals surface area contributed by atoms with E-state index in [0.29, 0.717) is 19.1 Å². The van der Waals surface area contributed by atoms with Gasteiger partial charge in [0.1, 0.15) is 11.5 Å². The molecule has 0 spiro atoms. The molecule has 5 heteroatoms. The summed E-state index contributed by atoms with van der Waals surface area (Å²) in [5.41, 5.74) is 1.60. The minimum atomic E-state index is -0.108. The van der Waals surface area contributed by atoms with Crippen LogP contribution in [-0.4, -0.2) is 25.7 Å². The minimum Gasteiger partial charge on any atom is -0.494 e. The lowest BCUT2D eigenvalue weighted by Crippen LogP contribution is -2.21. The second-order valence-electron chi connectivity index (χ2n) is 6.83. The van der Waals surface area contributed by atoms with Gasteiger partial charge in [-0.1, -0.05) is 26.8 Å². The molecule has 27 heavy (non-hydrogen) atoms. The lowest BCUT2D eigenvalue weighted by molar-refractivity contribution is -0.114. The van der Waals surface area contributed by atoms with E-state index >= 15 is 0 Å². The second-order valence-corrected chi connectivity index (χ2v) is 6.83. The van der Waals surface area contributed by atoms with Gasteiger partial charge in [0.2, 0.25) is 5.91 Å². The molecule has 146 valence electrons. The lowest BCUT2D eigenvalue weighted by Gasteiger charge is -2.11. The Morgan fingerprint density at radius 3 is 2.41 bits per heavy atom. The molecule has 0 aliphatic heterocycles. The van der Waals surface area contributed by atoms with E-state index in [1.54, 1.807) is 0 Å². The zero-order valence-electron chi connectivity index (χ0n) is 16.5. The van der Waals surface area contributed by atoms with E-state index in [1.165, 1.54) is 0 Å². The van der Waals surface area contributed by atoms with E-state index in [2.05, 4.69) is 31.4 Å². The SMILES string of the molecule is CCCOc1ccc(NC(=O)CNc2cccc(OCCC(C)C)c2)cc1. The van der Waals surface area contributed by atoms with Crippen LogP contribution in [0.1, 0.15) is 33.6 Å². The lowest BCUT2D eigenvalue weighted by atomic mass is 10.1. The molecule has 0 bridgehead atoms. The first-order valence-corrected chi connectivity index (χ1v) is 9.56. The molecule has 0 atom stereocenters. The monoisotopic (exact) mass is 370 g/mol. The van der Waals surface area contributed by atoms with Crippen LogP contribution in [0, 0.1) is 5.92 Å². The number of amides is 1. The van der Waals surface area contributed by atoms with Crippen LogP contribution in [0.25, 0.3) is 0 Å². The molecule has 2 aromatic rings. The largest absolute Gasteiger partial charge is 0.494 e. The van der Waals surface area contributed by atoms with E-state index in [-0.39, 0.29) is 12.5 Å². The normalized spacial score (nSPS) is 10.5. The first-order valence-electron chi connectivity index (χ1n) is 9.56. The summed E-state index contributed by atoms with van der Waals surface area (Å²) in [5, 5.41) is 6.00. The van der Waals surface area contributed by atoms with Crippen molar-refractivity contribution in [3.63, 3.8) is 0 Å². The van der Waals surface area contributed by atoms with Gasteiger partial charge in [-0.2, -0.15) is 0 Å². The van der Waals surface area contributed by atoms with Gasteiger partial charge in [0.25, 0.3) is 0 Å². The maximum Gasteiger partial charge on any atom is 0.243 e. The number of hydrogen-bond acceptors (Lipinski definition) is 4. The quantitative estimate of drug-likeness (QED) is 0.587. The number of rotatable bonds is 11. The molecule has 2 rings (SSSR count). The summed E-state index contributed by atoms with van der Waals surface area (Å²) in [7, 11) is 0. The first-order chi connectivity index (χ1) is 13.1. The molecular formula is C22H30N2O3. The minimum absolute atomic E-state index is 0.108. The number of carbonyl (C=O) groups is 1. The van der Waals surface area contributed by atoms with Crippen LogP contribution in [0.15, 0.2) is 48.5 Å². The highest BCUT2D eigenvalue weighted by molar-refractivity contribution is 5.93. The molecule has 1 amide bonds. The number of nitrogens with one attached hydrogen (secondary N) is 2. The van der Waals surface area contributed by atoms with Crippen molar-refractivity contribution in [1.82, 2.24) is 0 Å². The van der Waals surface area contributed by atoms with Crippen molar-refractivity contribution in [2.75, 3.05) is 30.4 Å². The molecule has 2 aromatic carbocycles. The van der Waals surface area contributed by atoms with Crippen LogP contribution in [-0.2, 0) is 4.79 Å². The number of benzene rings is 2. The molecule has 0 fully saturated rings. The molecule has 5 nitrogen and oxygen atoms in total. The fraction of sp³-hybridized carbons (Fsp3) is 0.409.